The normalized spacial score (nSPS) is 12.1. The molecule has 0 heterocycles. The molecule has 18 heavy (non-hydrogen) atoms. The van der Waals surface area contributed by atoms with Gasteiger partial charge in [-0.2, -0.15) is 0 Å². The quantitative estimate of drug-likeness (QED) is 0.842. The number of carbonyl (C=O) groups is 1. The number of Topliss-reactive ketones (excluding diaryl/α,β-unsaturated/α-hetero) is 1. The lowest BCUT2D eigenvalue weighted by Crippen LogP contribution is -2.20. The van der Waals surface area contributed by atoms with Gasteiger partial charge in [-0.1, -0.05) is 0 Å². The van der Waals surface area contributed by atoms with Crippen molar-refractivity contribution in [3.05, 3.63) is 23.3 Å². The Balaban J connectivity index is 3.23. The summed E-state index contributed by atoms with van der Waals surface area (Å²) in [7, 11) is 5.09. The maximum absolute atomic E-state index is 11.3. The summed E-state index contributed by atoms with van der Waals surface area (Å²) >= 11 is 0. The minimum atomic E-state index is -0.0386. The first-order valence-corrected chi connectivity index (χ1v) is 5.92. The van der Waals surface area contributed by atoms with Gasteiger partial charge >= 0.3 is 0 Å². The molecule has 1 aromatic rings. The zero-order valence-corrected chi connectivity index (χ0v) is 11.7. The summed E-state index contributed by atoms with van der Waals surface area (Å²) < 4.78 is 10.6. The molecule has 0 amide bonds. The van der Waals surface area contributed by atoms with Crippen LogP contribution in [0.2, 0.25) is 0 Å². The number of rotatable bonds is 6. The minimum absolute atomic E-state index is 0.0386. The van der Waals surface area contributed by atoms with Gasteiger partial charge in [-0.05, 0) is 32.5 Å². The first-order chi connectivity index (χ1) is 8.53. The van der Waals surface area contributed by atoms with Crippen LogP contribution >= 0.6 is 0 Å². The van der Waals surface area contributed by atoms with Crippen LogP contribution in [0.1, 0.15) is 30.5 Å². The van der Waals surface area contributed by atoms with Gasteiger partial charge in [0.05, 0.1) is 14.2 Å². The number of nitrogens with one attached hydrogen (secondary N) is 1. The average molecular weight is 251 g/mol. The Morgan fingerprint density at radius 2 is 2.00 bits per heavy atom. The van der Waals surface area contributed by atoms with E-state index < -0.39 is 0 Å². The standard InChI is InChI=1S/C14H21NO3/c1-9-6-11(17-4)8-13(18-5)14(9)12(15-3)7-10(2)16/h6,8,12,15H,7H2,1-5H3. The molecular formula is C14H21NO3. The van der Waals surface area contributed by atoms with Crippen molar-refractivity contribution in [3.8, 4) is 11.5 Å². The van der Waals surface area contributed by atoms with E-state index in [2.05, 4.69) is 5.32 Å². The number of aryl methyl sites for hydroxylation is 1. The highest BCUT2D eigenvalue weighted by Crippen LogP contribution is 2.34. The Bertz CT molecular complexity index is 429. The second-order valence-electron chi connectivity index (χ2n) is 4.31. The topological polar surface area (TPSA) is 47.6 Å². The number of hydrogen-bond donors (Lipinski definition) is 1. The predicted octanol–water partition coefficient (Wildman–Crippen LogP) is 2.25. The number of benzene rings is 1. The number of ketones is 1. The summed E-state index contributed by atoms with van der Waals surface area (Å²) in [5, 5.41) is 3.16. The molecule has 0 aromatic heterocycles. The summed E-state index contributed by atoms with van der Waals surface area (Å²) in [6, 6.07) is 3.75. The van der Waals surface area contributed by atoms with Crippen molar-refractivity contribution in [2.45, 2.75) is 26.3 Å². The van der Waals surface area contributed by atoms with Crippen molar-refractivity contribution in [1.82, 2.24) is 5.32 Å². The van der Waals surface area contributed by atoms with E-state index >= 15 is 0 Å². The molecule has 0 saturated carbocycles. The highest BCUT2D eigenvalue weighted by atomic mass is 16.5. The molecule has 0 fully saturated rings. The lowest BCUT2D eigenvalue weighted by Gasteiger charge is -2.21. The molecule has 0 aliphatic rings. The summed E-state index contributed by atoms with van der Waals surface area (Å²) in [5.74, 6) is 1.64. The van der Waals surface area contributed by atoms with Crippen molar-refractivity contribution in [2.24, 2.45) is 0 Å². The smallest absolute Gasteiger partial charge is 0.131 e. The van der Waals surface area contributed by atoms with E-state index in [4.69, 9.17) is 9.47 Å². The highest BCUT2D eigenvalue weighted by Gasteiger charge is 2.19. The van der Waals surface area contributed by atoms with Crippen molar-refractivity contribution in [2.75, 3.05) is 21.3 Å². The van der Waals surface area contributed by atoms with Gasteiger partial charge in [-0.25, -0.2) is 0 Å². The minimum Gasteiger partial charge on any atom is -0.497 e. The van der Waals surface area contributed by atoms with Crippen LogP contribution in [0.4, 0.5) is 0 Å². The SMILES string of the molecule is CNC(CC(C)=O)c1c(C)cc(OC)cc1OC. The largest absolute Gasteiger partial charge is 0.497 e. The molecule has 0 spiro atoms. The Morgan fingerprint density at radius 1 is 1.33 bits per heavy atom. The number of ether oxygens (including phenoxy) is 2. The van der Waals surface area contributed by atoms with E-state index in [0.717, 1.165) is 22.6 Å². The monoisotopic (exact) mass is 251 g/mol. The third-order valence-electron chi connectivity index (χ3n) is 2.97. The van der Waals surface area contributed by atoms with E-state index in [1.54, 1.807) is 21.1 Å². The van der Waals surface area contributed by atoms with Gasteiger partial charge in [0, 0.05) is 24.1 Å². The van der Waals surface area contributed by atoms with Crippen LogP contribution in [-0.4, -0.2) is 27.1 Å². The second kappa shape index (κ2) is 6.40. The number of methoxy groups -OCH3 is 2. The predicted molar refractivity (Wildman–Crippen MR) is 71.4 cm³/mol. The van der Waals surface area contributed by atoms with Gasteiger partial charge < -0.3 is 14.8 Å². The molecule has 1 unspecified atom stereocenters. The molecule has 1 rings (SSSR count). The lowest BCUT2D eigenvalue weighted by atomic mass is 9.96. The highest BCUT2D eigenvalue weighted by molar-refractivity contribution is 5.76. The van der Waals surface area contributed by atoms with Gasteiger partial charge in [-0.3, -0.25) is 4.79 Å². The van der Waals surface area contributed by atoms with Crippen molar-refractivity contribution < 1.29 is 14.3 Å². The molecule has 100 valence electrons. The molecule has 0 saturated heterocycles. The molecule has 1 aromatic carbocycles. The molecule has 4 nitrogen and oxygen atoms in total. The zero-order valence-electron chi connectivity index (χ0n) is 11.7. The first kappa shape index (κ1) is 14.5. The van der Waals surface area contributed by atoms with Crippen LogP contribution in [0.5, 0.6) is 11.5 Å². The van der Waals surface area contributed by atoms with Gasteiger partial charge in [0.25, 0.3) is 0 Å². The van der Waals surface area contributed by atoms with Crippen LogP contribution in [0.3, 0.4) is 0 Å². The average Bonchev–Trinajstić information content (AvgIpc) is 2.35. The molecular weight excluding hydrogens is 230 g/mol. The Hall–Kier alpha value is -1.55. The lowest BCUT2D eigenvalue weighted by molar-refractivity contribution is -0.117. The van der Waals surface area contributed by atoms with Crippen molar-refractivity contribution >= 4 is 5.78 Å². The second-order valence-corrected chi connectivity index (χ2v) is 4.31. The third-order valence-corrected chi connectivity index (χ3v) is 2.97. The van der Waals surface area contributed by atoms with Crippen LogP contribution in [0.25, 0.3) is 0 Å². The van der Waals surface area contributed by atoms with Crippen LogP contribution in [0.15, 0.2) is 12.1 Å². The summed E-state index contributed by atoms with van der Waals surface area (Å²) in [6.45, 7) is 3.58. The fourth-order valence-corrected chi connectivity index (χ4v) is 2.10. The summed E-state index contributed by atoms with van der Waals surface area (Å²) in [5.41, 5.74) is 2.06. The van der Waals surface area contributed by atoms with Crippen LogP contribution in [-0.2, 0) is 4.79 Å². The Kier molecular flexibility index (Phi) is 5.16. The molecule has 0 aliphatic carbocycles. The third kappa shape index (κ3) is 3.23. The van der Waals surface area contributed by atoms with Gasteiger partial charge in [-0.15, -0.1) is 0 Å². The number of carbonyl (C=O) groups excluding carboxylic acids is 1. The van der Waals surface area contributed by atoms with Crippen LogP contribution < -0.4 is 14.8 Å². The fraction of sp³-hybridized carbons (Fsp3) is 0.500. The molecule has 0 aliphatic heterocycles. The fourth-order valence-electron chi connectivity index (χ4n) is 2.10. The molecule has 0 bridgehead atoms. The van der Waals surface area contributed by atoms with Gasteiger partial charge in [0.2, 0.25) is 0 Å². The molecule has 4 heteroatoms. The first-order valence-electron chi connectivity index (χ1n) is 5.92. The van der Waals surface area contributed by atoms with E-state index in [0.29, 0.717) is 6.42 Å². The summed E-state index contributed by atoms with van der Waals surface area (Å²) in [6.07, 6.45) is 0.444. The molecule has 1 N–H and O–H groups in total. The van der Waals surface area contributed by atoms with E-state index in [1.165, 1.54) is 0 Å². The van der Waals surface area contributed by atoms with Gasteiger partial charge in [0.15, 0.2) is 0 Å². The Morgan fingerprint density at radius 3 is 2.44 bits per heavy atom. The summed E-state index contributed by atoms with van der Waals surface area (Å²) in [4.78, 5) is 11.3. The van der Waals surface area contributed by atoms with Gasteiger partial charge in [0.1, 0.15) is 17.3 Å². The molecule has 0 radical (unpaired) electrons. The molecule has 1 atom stereocenters. The van der Waals surface area contributed by atoms with E-state index in [-0.39, 0.29) is 11.8 Å². The van der Waals surface area contributed by atoms with E-state index in [9.17, 15) is 4.79 Å². The van der Waals surface area contributed by atoms with Crippen LogP contribution in [0, 0.1) is 6.92 Å². The van der Waals surface area contributed by atoms with E-state index in [1.807, 2.05) is 26.1 Å². The van der Waals surface area contributed by atoms with Crippen molar-refractivity contribution in [1.29, 1.82) is 0 Å². The van der Waals surface area contributed by atoms with Crippen molar-refractivity contribution in [3.63, 3.8) is 0 Å². The number of hydrogen-bond acceptors (Lipinski definition) is 4. The maximum Gasteiger partial charge on any atom is 0.131 e. The maximum atomic E-state index is 11.3. The zero-order chi connectivity index (χ0) is 13.7. The Labute approximate surface area is 108 Å².